The van der Waals surface area contributed by atoms with Crippen LogP contribution in [-0.4, -0.2) is 34.9 Å². The number of piperidine rings is 1. The van der Waals surface area contributed by atoms with Crippen molar-refractivity contribution in [3.63, 3.8) is 0 Å². The summed E-state index contributed by atoms with van der Waals surface area (Å²) in [6.07, 6.45) is 3.06. The Hall–Kier alpha value is -4.14. The van der Waals surface area contributed by atoms with Crippen molar-refractivity contribution < 1.29 is 14.3 Å². The fraction of sp³-hybridized carbons (Fsp3) is 0.280. The molecule has 1 fully saturated rings. The molecule has 0 unspecified atom stereocenters. The van der Waals surface area contributed by atoms with E-state index in [2.05, 4.69) is 20.6 Å². The molecule has 5 rings (SSSR count). The van der Waals surface area contributed by atoms with Crippen LogP contribution in [0.1, 0.15) is 37.2 Å². The molecule has 3 N–H and O–H groups in total. The SMILES string of the molecule is O=C1C[C@@H](C(=O)Nc2ccc(Oc3ccccc3)cc2)c2c(nc(N3CCCCC3)[nH]c2=O)N1. The van der Waals surface area contributed by atoms with E-state index in [-0.39, 0.29) is 23.7 Å². The molecule has 9 nitrogen and oxygen atoms in total. The highest BCUT2D eigenvalue weighted by Crippen LogP contribution is 2.31. The summed E-state index contributed by atoms with van der Waals surface area (Å²) in [5.41, 5.74) is 0.312. The second-order valence-corrected chi connectivity index (χ2v) is 8.43. The van der Waals surface area contributed by atoms with E-state index in [0.29, 0.717) is 23.1 Å². The summed E-state index contributed by atoms with van der Waals surface area (Å²) >= 11 is 0. The molecule has 1 atom stereocenters. The third-order valence-electron chi connectivity index (χ3n) is 6.01. The molecule has 2 amide bonds. The molecule has 3 heterocycles. The molecule has 0 bridgehead atoms. The van der Waals surface area contributed by atoms with Crippen molar-refractivity contribution in [3.05, 3.63) is 70.5 Å². The zero-order valence-electron chi connectivity index (χ0n) is 18.5. The number of aromatic nitrogens is 2. The predicted molar refractivity (Wildman–Crippen MR) is 128 cm³/mol. The lowest BCUT2D eigenvalue weighted by molar-refractivity contribution is -0.123. The first-order chi connectivity index (χ1) is 16.6. The number of aromatic amines is 1. The maximum atomic E-state index is 13.1. The van der Waals surface area contributed by atoms with Crippen LogP contribution in [0.5, 0.6) is 11.5 Å². The van der Waals surface area contributed by atoms with Gasteiger partial charge in [-0.2, -0.15) is 4.98 Å². The summed E-state index contributed by atoms with van der Waals surface area (Å²) in [6, 6.07) is 16.3. The number of H-pyrrole nitrogens is 1. The number of ether oxygens (including phenoxy) is 1. The largest absolute Gasteiger partial charge is 0.457 e. The van der Waals surface area contributed by atoms with Crippen LogP contribution in [0.3, 0.4) is 0 Å². The summed E-state index contributed by atoms with van der Waals surface area (Å²) in [6.45, 7) is 1.59. The van der Waals surface area contributed by atoms with E-state index < -0.39 is 17.4 Å². The number of nitrogens with one attached hydrogen (secondary N) is 3. The van der Waals surface area contributed by atoms with Crippen LogP contribution in [0.2, 0.25) is 0 Å². The number of carbonyl (C=O) groups is 2. The van der Waals surface area contributed by atoms with Gasteiger partial charge in [0.15, 0.2) is 0 Å². The Morgan fingerprint density at radius 2 is 1.68 bits per heavy atom. The fourth-order valence-electron chi connectivity index (χ4n) is 4.30. The molecule has 34 heavy (non-hydrogen) atoms. The number of benzene rings is 2. The zero-order chi connectivity index (χ0) is 23.5. The average Bonchev–Trinajstić information content (AvgIpc) is 2.85. The van der Waals surface area contributed by atoms with Crippen molar-refractivity contribution in [3.8, 4) is 11.5 Å². The van der Waals surface area contributed by atoms with Crippen molar-refractivity contribution in [2.24, 2.45) is 0 Å². The van der Waals surface area contributed by atoms with Crippen molar-refractivity contribution in [1.82, 2.24) is 9.97 Å². The average molecular weight is 460 g/mol. The predicted octanol–water partition coefficient (Wildman–Crippen LogP) is 3.62. The molecule has 174 valence electrons. The van der Waals surface area contributed by atoms with Crippen LogP contribution >= 0.6 is 0 Å². The lowest BCUT2D eigenvalue weighted by Crippen LogP contribution is -2.38. The Kier molecular flexibility index (Phi) is 5.99. The third kappa shape index (κ3) is 4.63. The van der Waals surface area contributed by atoms with E-state index in [1.54, 1.807) is 24.3 Å². The minimum Gasteiger partial charge on any atom is -0.457 e. The summed E-state index contributed by atoms with van der Waals surface area (Å²) < 4.78 is 5.77. The van der Waals surface area contributed by atoms with Gasteiger partial charge in [0.1, 0.15) is 17.3 Å². The third-order valence-corrected chi connectivity index (χ3v) is 6.01. The topological polar surface area (TPSA) is 116 Å². The van der Waals surface area contributed by atoms with Gasteiger partial charge in [-0.1, -0.05) is 18.2 Å². The molecule has 9 heteroatoms. The summed E-state index contributed by atoms with van der Waals surface area (Å²) in [4.78, 5) is 47.7. The Balaban J connectivity index is 1.33. The minimum absolute atomic E-state index is 0.123. The number of anilines is 3. The van der Waals surface area contributed by atoms with E-state index in [0.717, 1.165) is 32.4 Å². The molecule has 1 aromatic heterocycles. The highest BCUT2D eigenvalue weighted by molar-refractivity contribution is 6.04. The van der Waals surface area contributed by atoms with E-state index in [1.165, 1.54) is 0 Å². The van der Waals surface area contributed by atoms with Gasteiger partial charge in [-0.3, -0.25) is 19.4 Å². The number of amides is 2. The number of carbonyl (C=O) groups excluding carboxylic acids is 2. The Bertz CT molecular complexity index is 1250. The van der Waals surface area contributed by atoms with Gasteiger partial charge in [-0.05, 0) is 55.7 Å². The molecule has 0 radical (unpaired) electrons. The molecule has 0 saturated carbocycles. The van der Waals surface area contributed by atoms with E-state index in [4.69, 9.17) is 4.74 Å². The fourth-order valence-corrected chi connectivity index (χ4v) is 4.30. The Labute approximate surface area is 196 Å². The summed E-state index contributed by atoms with van der Waals surface area (Å²) in [5.74, 6) is 0.201. The number of rotatable bonds is 5. The molecule has 2 aliphatic rings. The quantitative estimate of drug-likeness (QED) is 0.537. The van der Waals surface area contributed by atoms with Crippen LogP contribution in [0.25, 0.3) is 0 Å². The first-order valence-corrected chi connectivity index (χ1v) is 11.4. The lowest BCUT2D eigenvalue weighted by atomic mass is 9.92. The molecule has 1 saturated heterocycles. The van der Waals surface area contributed by atoms with Crippen LogP contribution in [0.4, 0.5) is 17.5 Å². The number of hydrogen-bond donors (Lipinski definition) is 3. The maximum Gasteiger partial charge on any atom is 0.258 e. The Morgan fingerprint density at radius 1 is 0.971 bits per heavy atom. The highest BCUT2D eigenvalue weighted by Gasteiger charge is 2.35. The van der Waals surface area contributed by atoms with E-state index in [9.17, 15) is 14.4 Å². The summed E-state index contributed by atoms with van der Waals surface area (Å²) in [7, 11) is 0. The van der Waals surface area contributed by atoms with Gasteiger partial charge in [0, 0.05) is 25.2 Å². The van der Waals surface area contributed by atoms with Crippen molar-refractivity contribution in [1.29, 1.82) is 0 Å². The van der Waals surface area contributed by atoms with Gasteiger partial charge in [0.05, 0.1) is 11.5 Å². The van der Waals surface area contributed by atoms with Crippen LogP contribution in [-0.2, 0) is 9.59 Å². The van der Waals surface area contributed by atoms with Gasteiger partial charge < -0.3 is 20.3 Å². The molecular formula is C25H25N5O4. The highest BCUT2D eigenvalue weighted by atomic mass is 16.5. The van der Waals surface area contributed by atoms with Crippen molar-refractivity contribution in [2.75, 3.05) is 28.6 Å². The Morgan fingerprint density at radius 3 is 2.41 bits per heavy atom. The van der Waals surface area contributed by atoms with E-state index >= 15 is 0 Å². The van der Waals surface area contributed by atoms with Crippen LogP contribution in [0, 0.1) is 0 Å². The van der Waals surface area contributed by atoms with Gasteiger partial charge >= 0.3 is 0 Å². The van der Waals surface area contributed by atoms with Crippen LogP contribution in [0.15, 0.2) is 59.4 Å². The zero-order valence-corrected chi connectivity index (χ0v) is 18.5. The number of para-hydroxylation sites is 1. The lowest BCUT2D eigenvalue weighted by Gasteiger charge is -2.29. The van der Waals surface area contributed by atoms with Gasteiger partial charge in [-0.25, -0.2) is 0 Å². The normalized spacial score (nSPS) is 17.5. The maximum absolute atomic E-state index is 13.1. The van der Waals surface area contributed by atoms with E-state index in [1.807, 2.05) is 35.2 Å². The molecule has 3 aromatic rings. The first-order valence-electron chi connectivity index (χ1n) is 11.4. The molecular weight excluding hydrogens is 434 g/mol. The second kappa shape index (κ2) is 9.38. The number of fused-ring (bicyclic) bond motifs is 1. The van der Waals surface area contributed by atoms with Crippen molar-refractivity contribution in [2.45, 2.75) is 31.6 Å². The smallest absolute Gasteiger partial charge is 0.258 e. The number of hydrogen-bond acceptors (Lipinski definition) is 6. The molecule has 0 aliphatic carbocycles. The molecule has 2 aromatic carbocycles. The van der Waals surface area contributed by atoms with Gasteiger partial charge in [-0.15, -0.1) is 0 Å². The molecule has 2 aliphatic heterocycles. The summed E-state index contributed by atoms with van der Waals surface area (Å²) in [5, 5.41) is 5.47. The standard InChI is InChI=1S/C25H25N5O4/c31-20-15-19(21-22(27-20)28-25(29-24(21)33)30-13-5-2-6-14-30)23(32)26-16-9-11-18(12-10-16)34-17-7-3-1-4-8-17/h1,3-4,7-12,19H,2,5-6,13-15H2,(H,26,32)(H2,27,28,29,31,33)/t19-/m1/s1. The number of nitrogens with zero attached hydrogens (tertiary/aromatic N) is 2. The minimum atomic E-state index is -0.935. The van der Waals surface area contributed by atoms with Crippen molar-refractivity contribution >= 4 is 29.3 Å². The van der Waals surface area contributed by atoms with Gasteiger partial charge in [0.2, 0.25) is 17.8 Å². The molecule has 0 spiro atoms. The van der Waals surface area contributed by atoms with Crippen LogP contribution < -0.4 is 25.8 Å². The van der Waals surface area contributed by atoms with Gasteiger partial charge in [0.25, 0.3) is 5.56 Å². The monoisotopic (exact) mass is 459 g/mol. The first kappa shape index (κ1) is 21.7. The second-order valence-electron chi connectivity index (χ2n) is 8.43.